The van der Waals surface area contributed by atoms with Gasteiger partial charge in [-0.2, -0.15) is 0 Å². The summed E-state index contributed by atoms with van der Waals surface area (Å²) in [5, 5.41) is 1.75. The van der Waals surface area contributed by atoms with Gasteiger partial charge in [0.05, 0.1) is 28.5 Å². The lowest BCUT2D eigenvalue weighted by Gasteiger charge is -2.18. The van der Waals surface area contributed by atoms with Crippen LogP contribution in [0.15, 0.2) is 11.4 Å². The van der Waals surface area contributed by atoms with Crippen LogP contribution in [0.4, 0.5) is 0 Å². The van der Waals surface area contributed by atoms with Crippen molar-refractivity contribution in [2.45, 2.75) is 6.42 Å². The van der Waals surface area contributed by atoms with Crippen molar-refractivity contribution in [3.8, 4) is 11.8 Å². The molecule has 1 aliphatic rings. The molecular formula is C13H16N2O3S2. The van der Waals surface area contributed by atoms with E-state index in [0.29, 0.717) is 18.5 Å². The Bertz CT molecular complexity index is 653. The van der Waals surface area contributed by atoms with Crippen molar-refractivity contribution in [3.63, 3.8) is 0 Å². The molecule has 0 radical (unpaired) electrons. The largest absolute Gasteiger partial charge is 0.338 e. The first-order valence-electron chi connectivity index (χ1n) is 6.29. The van der Waals surface area contributed by atoms with Crippen LogP contribution in [0, 0.1) is 11.8 Å². The van der Waals surface area contributed by atoms with E-state index in [1.165, 1.54) is 11.3 Å². The zero-order valence-corrected chi connectivity index (χ0v) is 12.6. The lowest BCUT2D eigenvalue weighted by atomic mass is 10.2. The van der Waals surface area contributed by atoms with Crippen molar-refractivity contribution in [1.29, 1.82) is 0 Å². The summed E-state index contributed by atoms with van der Waals surface area (Å²) in [5.41, 5.74) is 5.87. The molecule has 1 aromatic rings. The van der Waals surface area contributed by atoms with Crippen molar-refractivity contribution in [1.82, 2.24) is 4.90 Å². The van der Waals surface area contributed by atoms with Crippen LogP contribution in [-0.2, 0) is 9.84 Å². The van der Waals surface area contributed by atoms with E-state index in [1.54, 1.807) is 16.3 Å². The number of sulfone groups is 1. The molecule has 0 aromatic carbocycles. The molecule has 1 saturated heterocycles. The fraction of sp³-hybridized carbons (Fsp3) is 0.462. The molecule has 2 heterocycles. The Morgan fingerprint density at radius 3 is 2.95 bits per heavy atom. The van der Waals surface area contributed by atoms with Gasteiger partial charge >= 0.3 is 0 Å². The predicted octanol–water partition coefficient (Wildman–Crippen LogP) is 0.319. The maximum Gasteiger partial charge on any atom is 0.254 e. The van der Waals surface area contributed by atoms with Gasteiger partial charge in [-0.15, -0.1) is 11.3 Å². The summed E-state index contributed by atoms with van der Waals surface area (Å²) in [6.07, 6.45) is 0.498. The van der Waals surface area contributed by atoms with E-state index in [-0.39, 0.29) is 30.5 Å². The maximum absolute atomic E-state index is 12.3. The molecule has 0 unspecified atom stereocenters. The van der Waals surface area contributed by atoms with Gasteiger partial charge in [0.25, 0.3) is 5.91 Å². The fourth-order valence-corrected chi connectivity index (χ4v) is 4.00. The molecule has 0 bridgehead atoms. The summed E-state index contributed by atoms with van der Waals surface area (Å²) in [6.45, 7) is 1.03. The Morgan fingerprint density at radius 1 is 1.40 bits per heavy atom. The average Bonchev–Trinajstić information content (AvgIpc) is 2.80. The number of carbonyl (C=O) groups excluding carboxylic acids is 1. The monoisotopic (exact) mass is 312 g/mol. The molecule has 108 valence electrons. The Morgan fingerprint density at radius 2 is 2.20 bits per heavy atom. The molecule has 1 aromatic heterocycles. The van der Waals surface area contributed by atoms with Gasteiger partial charge in [0.2, 0.25) is 0 Å². The minimum absolute atomic E-state index is 0.0444. The van der Waals surface area contributed by atoms with Gasteiger partial charge in [0, 0.05) is 18.5 Å². The summed E-state index contributed by atoms with van der Waals surface area (Å²) < 4.78 is 23.1. The summed E-state index contributed by atoms with van der Waals surface area (Å²) >= 11 is 1.39. The maximum atomic E-state index is 12.3. The van der Waals surface area contributed by atoms with E-state index in [1.807, 2.05) is 0 Å². The zero-order chi connectivity index (χ0) is 14.6. The van der Waals surface area contributed by atoms with Gasteiger partial charge in [-0.1, -0.05) is 11.8 Å². The quantitative estimate of drug-likeness (QED) is 0.757. The third-order valence-corrected chi connectivity index (χ3v) is 5.56. The number of nitrogens with zero attached hydrogens (tertiary/aromatic N) is 1. The second-order valence-corrected chi connectivity index (χ2v) is 7.72. The first kappa shape index (κ1) is 15.0. The fourth-order valence-electron chi connectivity index (χ4n) is 1.98. The molecule has 0 aliphatic carbocycles. The van der Waals surface area contributed by atoms with Crippen molar-refractivity contribution in [2.24, 2.45) is 5.73 Å². The second-order valence-electron chi connectivity index (χ2n) is 4.50. The molecule has 7 heteroatoms. The second kappa shape index (κ2) is 6.39. The summed E-state index contributed by atoms with van der Waals surface area (Å²) in [6, 6.07) is 1.73. The van der Waals surface area contributed by atoms with Crippen LogP contribution in [0.1, 0.15) is 21.7 Å². The Kier molecular flexibility index (Phi) is 4.81. The van der Waals surface area contributed by atoms with Crippen LogP contribution in [0.3, 0.4) is 0 Å². The highest BCUT2D eigenvalue weighted by atomic mass is 32.2. The van der Waals surface area contributed by atoms with Crippen LogP contribution in [0.25, 0.3) is 0 Å². The van der Waals surface area contributed by atoms with Gasteiger partial charge < -0.3 is 10.6 Å². The summed E-state index contributed by atoms with van der Waals surface area (Å²) in [5.74, 6) is 5.70. The van der Waals surface area contributed by atoms with Gasteiger partial charge in [0.1, 0.15) is 0 Å². The number of rotatable bonds is 1. The van der Waals surface area contributed by atoms with E-state index in [2.05, 4.69) is 11.8 Å². The van der Waals surface area contributed by atoms with Gasteiger partial charge in [-0.05, 0) is 12.5 Å². The van der Waals surface area contributed by atoms with Gasteiger partial charge in [-0.3, -0.25) is 4.79 Å². The normalized spacial score (nSPS) is 17.9. The summed E-state index contributed by atoms with van der Waals surface area (Å²) in [4.78, 5) is 14.7. The highest BCUT2D eigenvalue weighted by molar-refractivity contribution is 7.91. The topological polar surface area (TPSA) is 80.5 Å². The van der Waals surface area contributed by atoms with E-state index in [4.69, 9.17) is 5.73 Å². The minimum atomic E-state index is -3.00. The average molecular weight is 312 g/mol. The molecule has 0 saturated carbocycles. The number of nitrogens with two attached hydrogens (primary N) is 1. The van der Waals surface area contributed by atoms with Crippen molar-refractivity contribution >= 4 is 27.1 Å². The van der Waals surface area contributed by atoms with E-state index >= 15 is 0 Å². The smallest absolute Gasteiger partial charge is 0.254 e. The molecule has 0 spiro atoms. The molecule has 1 aliphatic heterocycles. The highest BCUT2D eigenvalue weighted by Gasteiger charge is 2.23. The number of hydrogen-bond donors (Lipinski definition) is 1. The molecule has 2 N–H and O–H groups in total. The molecule has 5 nitrogen and oxygen atoms in total. The first-order valence-corrected chi connectivity index (χ1v) is 8.99. The standard InChI is InChI=1S/C13H16N2O3S2/c14-4-1-3-12-9-11(10-19-12)13(16)15-5-2-7-20(17,18)8-6-15/h9-10H,2,4-8,14H2. The predicted molar refractivity (Wildman–Crippen MR) is 79.4 cm³/mol. The van der Waals surface area contributed by atoms with Crippen LogP contribution < -0.4 is 5.73 Å². The third-order valence-electron chi connectivity index (χ3n) is 3.00. The van der Waals surface area contributed by atoms with Crippen LogP contribution in [0.2, 0.25) is 0 Å². The molecule has 20 heavy (non-hydrogen) atoms. The van der Waals surface area contributed by atoms with Gasteiger partial charge in [0.15, 0.2) is 9.84 Å². The summed E-state index contributed by atoms with van der Waals surface area (Å²) in [7, 11) is -3.00. The zero-order valence-electron chi connectivity index (χ0n) is 11.0. The number of thiophene rings is 1. The van der Waals surface area contributed by atoms with Crippen LogP contribution in [0.5, 0.6) is 0 Å². The van der Waals surface area contributed by atoms with Crippen molar-refractivity contribution < 1.29 is 13.2 Å². The van der Waals surface area contributed by atoms with Crippen LogP contribution in [-0.4, -0.2) is 50.4 Å². The molecule has 1 fully saturated rings. The van der Waals surface area contributed by atoms with E-state index in [9.17, 15) is 13.2 Å². The Hall–Kier alpha value is -1.36. The lowest BCUT2D eigenvalue weighted by molar-refractivity contribution is 0.0769. The van der Waals surface area contributed by atoms with Gasteiger partial charge in [-0.25, -0.2) is 8.42 Å². The molecule has 2 rings (SSSR count). The SMILES string of the molecule is NCC#Cc1cc(C(=O)N2CCCS(=O)(=O)CC2)cs1. The van der Waals surface area contributed by atoms with Crippen LogP contribution >= 0.6 is 11.3 Å². The Labute approximate surface area is 122 Å². The Balaban J connectivity index is 2.09. The molecule has 1 amide bonds. The van der Waals surface area contributed by atoms with E-state index in [0.717, 1.165) is 4.88 Å². The van der Waals surface area contributed by atoms with Crippen molar-refractivity contribution in [2.75, 3.05) is 31.1 Å². The minimum Gasteiger partial charge on any atom is -0.338 e. The molecule has 0 atom stereocenters. The lowest BCUT2D eigenvalue weighted by Crippen LogP contribution is -2.33. The van der Waals surface area contributed by atoms with Crippen molar-refractivity contribution in [3.05, 3.63) is 21.9 Å². The first-order chi connectivity index (χ1) is 9.52. The number of hydrogen-bond acceptors (Lipinski definition) is 5. The molecular weight excluding hydrogens is 296 g/mol. The third kappa shape index (κ3) is 3.82. The number of carbonyl (C=O) groups is 1. The van der Waals surface area contributed by atoms with E-state index < -0.39 is 9.84 Å². The number of amides is 1. The highest BCUT2D eigenvalue weighted by Crippen LogP contribution is 2.17.